The number of carbonyl (C=O) groups is 2. The number of benzene rings is 2. The number of nitro benzene ring substituents is 1. The van der Waals surface area contributed by atoms with Gasteiger partial charge in [-0.25, -0.2) is 4.90 Å². The van der Waals surface area contributed by atoms with Gasteiger partial charge in [-0.3, -0.25) is 19.7 Å². The number of anilines is 1. The summed E-state index contributed by atoms with van der Waals surface area (Å²) in [7, 11) is 0. The summed E-state index contributed by atoms with van der Waals surface area (Å²) in [5, 5.41) is 15.2. The number of hydrogen-bond donors (Lipinski definition) is 0. The summed E-state index contributed by atoms with van der Waals surface area (Å²) in [4.78, 5) is 42.0. The molecular weight excluding hydrogens is 362 g/mol. The molecule has 0 N–H and O–H groups in total. The molecule has 0 aliphatic carbocycles. The summed E-state index contributed by atoms with van der Waals surface area (Å²) in [6.07, 6.45) is -1.10. The Balaban J connectivity index is 1.73. The summed E-state index contributed by atoms with van der Waals surface area (Å²) in [5.41, 5.74) is 0.669. The van der Waals surface area contributed by atoms with Gasteiger partial charge in [0.1, 0.15) is 11.6 Å². The predicted molar refractivity (Wildman–Crippen MR) is 91.9 cm³/mol. The Hall–Kier alpha value is -3.26. The van der Waals surface area contributed by atoms with Crippen LogP contribution in [0.25, 0.3) is 0 Å². The minimum Gasteiger partial charge on any atom is -0.381 e. The first kappa shape index (κ1) is 16.2. The van der Waals surface area contributed by atoms with Gasteiger partial charge >= 0.3 is 0 Å². The number of oxime groups is 1. The van der Waals surface area contributed by atoms with E-state index in [1.807, 2.05) is 0 Å². The van der Waals surface area contributed by atoms with E-state index in [-0.39, 0.29) is 17.1 Å². The van der Waals surface area contributed by atoms with E-state index in [0.717, 1.165) is 4.90 Å². The third kappa shape index (κ3) is 2.34. The molecule has 0 spiro atoms. The zero-order chi connectivity index (χ0) is 18.4. The Labute approximate surface area is 151 Å². The summed E-state index contributed by atoms with van der Waals surface area (Å²) in [6.45, 7) is 0. The second-order valence-electron chi connectivity index (χ2n) is 5.75. The fourth-order valence-corrected chi connectivity index (χ4v) is 3.30. The number of nitro groups is 1. The Morgan fingerprint density at radius 2 is 1.88 bits per heavy atom. The minimum absolute atomic E-state index is 0.116. The molecule has 0 aromatic heterocycles. The maximum atomic E-state index is 12.9. The van der Waals surface area contributed by atoms with Crippen molar-refractivity contribution in [2.45, 2.75) is 6.10 Å². The van der Waals surface area contributed by atoms with Crippen molar-refractivity contribution in [3.8, 4) is 0 Å². The Bertz CT molecular complexity index is 990. The zero-order valence-electron chi connectivity index (χ0n) is 13.0. The Morgan fingerprint density at radius 1 is 1.12 bits per heavy atom. The standard InChI is InChI=1S/C17H10ClN3O5/c18-12-7-2-1-6-11(12)14-13-15(26-19-14)17(23)20(16(13)22)9-4-3-5-10(8-9)21(24)25/h1-8,13,15H/t13-,15+/m1/s1. The average molecular weight is 372 g/mol. The maximum absolute atomic E-state index is 12.9. The van der Waals surface area contributed by atoms with E-state index in [2.05, 4.69) is 5.16 Å². The predicted octanol–water partition coefficient (Wildman–Crippen LogP) is 2.54. The number of hydrogen-bond acceptors (Lipinski definition) is 6. The molecule has 130 valence electrons. The molecule has 2 aromatic carbocycles. The number of non-ortho nitro benzene ring substituents is 1. The van der Waals surface area contributed by atoms with Crippen molar-refractivity contribution in [2.24, 2.45) is 11.1 Å². The number of fused-ring (bicyclic) bond motifs is 1. The van der Waals surface area contributed by atoms with Crippen molar-refractivity contribution >= 4 is 40.5 Å². The van der Waals surface area contributed by atoms with Crippen molar-refractivity contribution in [1.82, 2.24) is 0 Å². The van der Waals surface area contributed by atoms with E-state index < -0.39 is 28.8 Å². The summed E-state index contributed by atoms with van der Waals surface area (Å²) >= 11 is 6.17. The molecule has 0 unspecified atom stereocenters. The highest BCUT2D eigenvalue weighted by Crippen LogP contribution is 2.37. The number of amides is 2. The number of halogens is 1. The zero-order valence-corrected chi connectivity index (χ0v) is 13.8. The van der Waals surface area contributed by atoms with Gasteiger partial charge in [0.2, 0.25) is 12.0 Å². The lowest BCUT2D eigenvalue weighted by molar-refractivity contribution is -0.384. The number of nitrogens with zero attached hydrogens (tertiary/aromatic N) is 3. The van der Waals surface area contributed by atoms with Crippen molar-refractivity contribution < 1.29 is 19.3 Å². The van der Waals surface area contributed by atoms with E-state index in [9.17, 15) is 19.7 Å². The molecule has 2 aliphatic rings. The highest BCUT2D eigenvalue weighted by Gasteiger charge is 2.56. The Kier molecular flexibility index (Phi) is 3.69. The van der Waals surface area contributed by atoms with Crippen LogP contribution < -0.4 is 4.90 Å². The van der Waals surface area contributed by atoms with Gasteiger partial charge in [-0.2, -0.15) is 0 Å². The summed E-state index contributed by atoms with van der Waals surface area (Å²) in [6, 6.07) is 12.1. The van der Waals surface area contributed by atoms with E-state index in [4.69, 9.17) is 16.4 Å². The van der Waals surface area contributed by atoms with Crippen LogP contribution in [-0.2, 0) is 14.4 Å². The lowest BCUT2D eigenvalue weighted by Crippen LogP contribution is -2.33. The van der Waals surface area contributed by atoms with Crippen LogP contribution in [0.15, 0.2) is 53.7 Å². The van der Waals surface area contributed by atoms with Gasteiger partial charge in [0.25, 0.3) is 11.6 Å². The second-order valence-corrected chi connectivity index (χ2v) is 6.16. The molecule has 4 rings (SSSR count). The van der Waals surface area contributed by atoms with Gasteiger partial charge in [-0.15, -0.1) is 0 Å². The van der Waals surface area contributed by atoms with Gasteiger partial charge in [-0.1, -0.05) is 41.0 Å². The fourth-order valence-electron chi connectivity index (χ4n) is 3.07. The summed E-state index contributed by atoms with van der Waals surface area (Å²) < 4.78 is 0. The van der Waals surface area contributed by atoms with Crippen LogP contribution in [0.4, 0.5) is 11.4 Å². The van der Waals surface area contributed by atoms with Gasteiger partial charge in [0.15, 0.2) is 0 Å². The van der Waals surface area contributed by atoms with E-state index in [1.54, 1.807) is 24.3 Å². The molecule has 2 atom stereocenters. The lowest BCUT2D eigenvalue weighted by atomic mass is 9.94. The quantitative estimate of drug-likeness (QED) is 0.468. The smallest absolute Gasteiger partial charge is 0.278 e. The first-order valence-corrected chi connectivity index (χ1v) is 7.97. The highest BCUT2D eigenvalue weighted by atomic mass is 35.5. The van der Waals surface area contributed by atoms with Crippen molar-refractivity contribution in [2.75, 3.05) is 4.90 Å². The molecule has 2 aromatic rings. The molecule has 0 radical (unpaired) electrons. The molecule has 0 bridgehead atoms. The topological polar surface area (TPSA) is 102 Å². The largest absolute Gasteiger partial charge is 0.381 e. The van der Waals surface area contributed by atoms with E-state index in [1.165, 1.54) is 24.3 Å². The molecule has 1 fully saturated rings. The molecular formula is C17H10ClN3O5. The van der Waals surface area contributed by atoms with Crippen LogP contribution in [0.1, 0.15) is 5.56 Å². The van der Waals surface area contributed by atoms with Crippen LogP contribution in [0.2, 0.25) is 5.02 Å². The molecule has 1 saturated heterocycles. The Morgan fingerprint density at radius 3 is 2.62 bits per heavy atom. The van der Waals surface area contributed by atoms with Crippen LogP contribution >= 0.6 is 11.6 Å². The normalized spacial score (nSPS) is 21.4. The van der Waals surface area contributed by atoms with Crippen molar-refractivity contribution in [1.29, 1.82) is 0 Å². The third-order valence-corrected chi connectivity index (χ3v) is 4.59. The van der Waals surface area contributed by atoms with E-state index in [0.29, 0.717) is 10.6 Å². The third-order valence-electron chi connectivity index (χ3n) is 4.26. The lowest BCUT2D eigenvalue weighted by Gasteiger charge is -2.15. The van der Waals surface area contributed by atoms with Crippen molar-refractivity contribution in [3.05, 3.63) is 69.2 Å². The van der Waals surface area contributed by atoms with Crippen LogP contribution in [0, 0.1) is 16.0 Å². The first-order valence-electron chi connectivity index (χ1n) is 7.60. The van der Waals surface area contributed by atoms with Crippen molar-refractivity contribution in [3.63, 3.8) is 0 Å². The number of carbonyl (C=O) groups excluding carboxylic acids is 2. The van der Waals surface area contributed by atoms with E-state index >= 15 is 0 Å². The van der Waals surface area contributed by atoms with Crippen LogP contribution in [0.3, 0.4) is 0 Å². The molecule has 0 saturated carbocycles. The molecule has 26 heavy (non-hydrogen) atoms. The monoisotopic (exact) mass is 371 g/mol. The average Bonchev–Trinajstić information content (AvgIpc) is 3.16. The molecule has 9 heteroatoms. The maximum Gasteiger partial charge on any atom is 0.278 e. The summed E-state index contributed by atoms with van der Waals surface area (Å²) in [5.74, 6) is -2.12. The number of rotatable bonds is 3. The van der Waals surface area contributed by atoms with Gasteiger partial charge in [0.05, 0.1) is 10.6 Å². The molecule has 2 aliphatic heterocycles. The van der Waals surface area contributed by atoms with Gasteiger partial charge in [-0.05, 0) is 12.1 Å². The minimum atomic E-state index is -1.10. The molecule has 2 amide bonds. The van der Waals surface area contributed by atoms with Gasteiger partial charge < -0.3 is 4.84 Å². The van der Waals surface area contributed by atoms with Crippen LogP contribution in [0.5, 0.6) is 0 Å². The highest BCUT2D eigenvalue weighted by molar-refractivity contribution is 6.38. The SMILES string of the molecule is O=C1[C@@H]2C(c3ccccc3Cl)=NO[C@@H]2C(=O)N1c1cccc([N+](=O)[O-])c1. The fraction of sp³-hybridized carbons (Fsp3) is 0.118. The first-order chi connectivity index (χ1) is 12.5. The second kappa shape index (κ2) is 5.92. The van der Waals surface area contributed by atoms with Crippen LogP contribution in [-0.4, -0.2) is 28.6 Å². The van der Waals surface area contributed by atoms with Gasteiger partial charge in [0, 0.05) is 22.7 Å². The molecule has 8 nitrogen and oxygen atoms in total. The molecule has 2 heterocycles. The number of imide groups is 1.